The molecule has 0 N–H and O–H groups in total. The number of likely N-dealkylation sites (tertiary alicyclic amines) is 1. The molecule has 1 aliphatic carbocycles. The number of methoxy groups -OCH3 is 1. The summed E-state index contributed by atoms with van der Waals surface area (Å²) in [5.74, 6) is 0.498. The van der Waals surface area contributed by atoms with Crippen molar-refractivity contribution in [2.75, 3.05) is 26.8 Å². The summed E-state index contributed by atoms with van der Waals surface area (Å²) in [6, 6.07) is 4.16. The second kappa shape index (κ2) is 8.92. The first-order valence-electron chi connectivity index (χ1n) is 12.6. The molecular formula is C27H38N2O5. The van der Waals surface area contributed by atoms with Gasteiger partial charge in [0.1, 0.15) is 23.4 Å². The van der Waals surface area contributed by atoms with E-state index in [2.05, 4.69) is 37.9 Å². The molecule has 6 atom stereocenters. The molecule has 4 fully saturated rings. The fraction of sp³-hybridized carbons (Fsp3) is 0.704. The van der Waals surface area contributed by atoms with Gasteiger partial charge in [0.15, 0.2) is 0 Å². The van der Waals surface area contributed by atoms with Crippen molar-refractivity contribution in [3.05, 3.63) is 41.2 Å². The number of hydrogen-bond acceptors (Lipinski definition) is 6. The van der Waals surface area contributed by atoms with Crippen molar-refractivity contribution in [1.82, 2.24) is 9.88 Å². The number of allylic oxidation sites excluding steroid dienone is 1. The van der Waals surface area contributed by atoms with E-state index in [0.717, 1.165) is 51.1 Å². The summed E-state index contributed by atoms with van der Waals surface area (Å²) >= 11 is 0. The third-order valence-corrected chi connectivity index (χ3v) is 8.20. The molecule has 186 valence electrons. The zero-order valence-corrected chi connectivity index (χ0v) is 21.1. The molecule has 5 rings (SSSR count). The first-order valence-corrected chi connectivity index (χ1v) is 12.6. The van der Waals surface area contributed by atoms with Crippen molar-refractivity contribution in [3.63, 3.8) is 0 Å². The van der Waals surface area contributed by atoms with Gasteiger partial charge >= 0.3 is 6.09 Å². The lowest BCUT2D eigenvalue weighted by Crippen LogP contribution is -2.57. The molecule has 1 aromatic rings. The number of carbonyl (C=O) groups is 1. The molecule has 0 radical (unpaired) electrons. The smallest absolute Gasteiger partial charge is 0.410 e. The normalized spacial score (nSPS) is 36.7. The van der Waals surface area contributed by atoms with Gasteiger partial charge < -0.3 is 23.8 Å². The standard InChI is InChI=1S/C27H38N2O5/c1-17(2)6-9-22-26(4,34-22)24-23(31-5)21(10-11-27(24)16-32-27)33-25(30)29-14-20(15-29)12-19-8-7-18(3)28-13-19/h6-8,13,20-24H,9-12,14-16H2,1-5H3/t21-,22-,23-,24?,26+,27+/m1/s1. The number of ether oxygens (including phenoxy) is 4. The highest BCUT2D eigenvalue weighted by Gasteiger charge is 2.72. The van der Waals surface area contributed by atoms with Crippen molar-refractivity contribution in [1.29, 1.82) is 0 Å². The van der Waals surface area contributed by atoms with E-state index in [9.17, 15) is 4.79 Å². The number of rotatable bonds is 7. The maximum absolute atomic E-state index is 13.0. The lowest BCUT2D eigenvalue weighted by molar-refractivity contribution is -0.124. The molecule has 1 amide bonds. The molecule has 7 nitrogen and oxygen atoms in total. The van der Waals surface area contributed by atoms with Crippen LogP contribution in [0.3, 0.4) is 0 Å². The average Bonchev–Trinajstić information content (AvgIpc) is 3.68. The Morgan fingerprint density at radius 2 is 2.09 bits per heavy atom. The number of epoxide rings is 2. The molecule has 3 saturated heterocycles. The van der Waals surface area contributed by atoms with Gasteiger partial charge in [-0.1, -0.05) is 17.7 Å². The summed E-state index contributed by atoms with van der Waals surface area (Å²) in [6.45, 7) is 10.5. The van der Waals surface area contributed by atoms with Gasteiger partial charge in [-0.15, -0.1) is 0 Å². The zero-order valence-electron chi connectivity index (χ0n) is 21.1. The number of carbonyl (C=O) groups excluding carboxylic acids is 1. The minimum absolute atomic E-state index is 0.0466. The Balaban J connectivity index is 1.19. The first kappa shape index (κ1) is 23.8. The van der Waals surface area contributed by atoms with Crippen LogP contribution in [0.1, 0.15) is 51.3 Å². The molecule has 1 saturated carbocycles. The molecule has 4 aliphatic rings. The molecule has 3 aliphatic heterocycles. The Labute approximate surface area is 202 Å². The summed E-state index contributed by atoms with van der Waals surface area (Å²) in [6.07, 6.45) is 6.99. The Bertz CT molecular complexity index is 933. The van der Waals surface area contributed by atoms with Crippen LogP contribution in [0.5, 0.6) is 0 Å². The van der Waals surface area contributed by atoms with E-state index >= 15 is 0 Å². The van der Waals surface area contributed by atoms with Gasteiger partial charge in [0.2, 0.25) is 0 Å². The van der Waals surface area contributed by atoms with Crippen molar-refractivity contribution in [2.24, 2.45) is 11.8 Å². The van der Waals surface area contributed by atoms with Gasteiger partial charge in [-0.05, 0) is 70.9 Å². The molecule has 1 spiro atoms. The number of aryl methyl sites for hydroxylation is 1. The lowest BCUT2D eigenvalue weighted by atomic mass is 9.68. The van der Waals surface area contributed by atoms with Crippen LogP contribution in [-0.2, 0) is 25.4 Å². The molecule has 4 heterocycles. The lowest BCUT2D eigenvalue weighted by Gasteiger charge is -2.44. The summed E-state index contributed by atoms with van der Waals surface area (Å²) in [7, 11) is 1.71. The fourth-order valence-corrected chi connectivity index (χ4v) is 6.07. The molecule has 0 aromatic carbocycles. The van der Waals surface area contributed by atoms with Gasteiger partial charge in [0.25, 0.3) is 0 Å². The van der Waals surface area contributed by atoms with Crippen molar-refractivity contribution >= 4 is 6.09 Å². The Kier molecular flexibility index (Phi) is 6.23. The Hall–Kier alpha value is -1.96. The fourth-order valence-electron chi connectivity index (χ4n) is 6.07. The molecule has 1 aromatic heterocycles. The van der Waals surface area contributed by atoms with E-state index in [-0.39, 0.29) is 41.5 Å². The van der Waals surface area contributed by atoms with E-state index in [1.807, 2.05) is 19.2 Å². The van der Waals surface area contributed by atoms with Gasteiger partial charge in [-0.2, -0.15) is 0 Å². The highest BCUT2D eigenvalue weighted by molar-refractivity contribution is 5.69. The van der Waals surface area contributed by atoms with E-state index in [0.29, 0.717) is 5.92 Å². The minimum Gasteiger partial charge on any atom is -0.443 e. The van der Waals surface area contributed by atoms with Crippen molar-refractivity contribution in [2.45, 2.75) is 82.9 Å². The highest BCUT2D eigenvalue weighted by Crippen LogP contribution is 2.59. The predicted octanol–water partition coefficient (Wildman–Crippen LogP) is 4.08. The number of aromatic nitrogens is 1. The quantitative estimate of drug-likeness (QED) is 0.442. The third kappa shape index (κ3) is 4.50. The van der Waals surface area contributed by atoms with Crippen LogP contribution in [0.15, 0.2) is 30.0 Å². The zero-order chi connectivity index (χ0) is 24.1. The van der Waals surface area contributed by atoms with Gasteiger partial charge in [-0.25, -0.2) is 4.79 Å². The number of hydrogen-bond donors (Lipinski definition) is 0. The van der Waals surface area contributed by atoms with Crippen LogP contribution in [0, 0.1) is 18.8 Å². The maximum Gasteiger partial charge on any atom is 0.410 e. The van der Waals surface area contributed by atoms with Crippen LogP contribution >= 0.6 is 0 Å². The highest BCUT2D eigenvalue weighted by atomic mass is 16.6. The average molecular weight is 471 g/mol. The van der Waals surface area contributed by atoms with Crippen LogP contribution in [0.25, 0.3) is 0 Å². The van der Waals surface area contributed by atoms with Gasteiger partial charge in [-0.3, -0.25) is 4.98 Å². The molecule has 0 bridgehead atoms. The van der Waals surface area contributed by atoms with E-state index in [1.165, 1.54) is 11.1 Å². The summed E-state index contributed by atoms with van der Waals surface area (Å²) in [5, 5.41) is 0. The number of nitrogens with zero attached hydrogens (tertiary/aromatic N) is 2. The monoisotopic (exact) mass is 470 g/mol. The molecule has 7 heteroatoms. The predicted molar refractivity (Wildman–Crippen MR) is 128 cm³/mol. The number of pyridine rings is 1. The summed E-state index contributed by atoms with van der Waals surface area (Å²) < 4.78 is 24.3. The first-order chi connectivity index (χ1) is 16.2. The summed E-state index contributed by atoms with van der Waals surface area (Å²) in [4.78, 5) is 19.1. The Morgan fingerprint density at radius 3 is 2.71 bits per heavy atom. The SMILES string of the molecule is CO[C@H]1C([C@@]2(C)O[C@@H]2CC=C(C)C)[C@]2(CC[C@H]1OC(=O)N1CC(Cc3ccc(C)nc3)C1)CO2. The van der Waals surface area contributed by atoms with Gasteiger partial charge in [0, 0.05) is 32.1 Å². The van der Waals surface area contributed by atoms with E-state index < -0.39 is 0 Å². The topological polar surface area (TPSA) is 76.7 Å². The van der Waals surface area contributed by atoms with Crippen molar-refractivity contribution in [3.8, 4) is 0 Å². The minimum atomic E-state index is -0.321. The van der Waals surface area contributed by atoms with Crippen LogP contribution in [-0.4, -0.2) is 72.3 Å². The van der Waals surface area contributed by atoms with Crippen LogP contribution < -0.4 is 0 Å². The number of amides is 1. The molecule has 1 unspecified atom stereocenters. The van der Waals surface area contributed by atoms with Crippen LogP contribution in [0.2, 0.25) is 0 Å². The molecule has 34 heavy (non-hydrogen) atoms. The second-order valence-corrected chi connectivity index (χ2v) is 11.1. The van der Waals surface area contributed by atoms with Gasteiger partial charge in [0.05, 0.1) is 18.6 Å². The van der Waals surface area contributed by atoms with E-state index in [1.54, 1.807) is 12.0 Å². The van der Waals surface area contributed by atoms with E-state index in [4.69, 9.17) is 18.9 Å². The third-order valence-electron chi connectivity index (χ3n) is 8.20. The van der Waals surface area contributed by atoms with Crippen molar-refractivity contribution < 1.29 is 23.7 Å². The largest absolute Gasteiger partial charge is 0.443 e. The molecular weight excluding hydrogens is 432 g/mol. The Morgan fingerprint density at radius 1 is 1.32 bits per heavy atom. The second-order valence-electron chi connectivity index (χ2n) is 11.1. The van der Waals surface area contributed by atoms with Crippen LogP contribution in [0.4, 0.5) is 4.79 Å². The maximum atomic E-state index is 13.0. The summed E-state index contributed by atoms with van der Waals surface area (Å²) in [5.41, 5.74) is 3.00.